The van der Waals surface area contributed by atoms with Gasteiger partial charge in [0.1, 0.15) is 55.4 Å². The van der Waals surface area contributed by atoms with Crippen molar-refractivity contribution in [2.45, 2.75) is 210 Å². The summed E-state index contributed by atoms with van der Waals surface area (Å²) in [5.74, 6) is -1.01. The lowest BCUT2D eigenvalue weighted by Gasteiger charge is -2.42. The molecule has 0 spiro atoms. The molecule has 2 aliphatic rings. The minimum Gasteiger partial charge on any atom is -0.462 e. The van der Waals surface area contributed by atoms with E-state index >= 15 is 0 Å². The number of unbranched alkanes of at least 4 members (excludes halogenated alkanes) is 10. The predicted molar refractivity (Wildman–Crippen MR) is 252 cm³/mol. The van der Waals surface area contributed by atoms with Gasteiger partial charge in [-0.25, -0.2) is 0 Å². The van der Waals surface area contributed by atoms with Crippen LogP contribution in [0.15, 0.2) is 72.9 Å². The van der Waals surface area contributed by atoms with E-state index in [0.717, 1.165) is 70.6 Å². The minimum absolute atomic E-state index is 0.134. The highest BCUT2D eigenvalue weighted by atomic mass is 16.7. The summed E-state index contributed by atoms with van der Waals surface area (Å²) in [7, 11) is 0. The van der Waals surface area contributed by atoms with Crippen molar-refractivity contribution in [3.8, 4) is 0 Å². The number of rotatable bonds is 36. The van der Waals surface area contributed by atoms with Crippen LogP contribution in [-0.4, -0.2) is 142 Å². The van der Waals surface area contributed by atoms with Crippen LogP contribution in [0.3, 0.4) is 0 Å². The molecule has 2 heterocycles. The average Bonchev–Trinajstić information content (AvgIpc) is 3.31. The first-order valence-corrected chi connectivity index (χ1v) is 24.5. The normalized spacial score (nSPS) is 26.8. The Bertz CT molecular complexity index is 1430. The second-order valence-corrected chi connectivity index (χ2v) is 16.9. The minimum atomic E-state index is -1.78. The second-order valence-electron chi connectivity index (χ2n) is 16.9. The largest absolute Gasteiger partial charge is 0.462 e. The Morgan fingerprint density at radius 3 is 1.56 bits per heavy atom. The number of hydrogen-bond donors (Lipinski definition) is 7. The van der Waals surface area contributed by atoms with Crippen molar-refractivity contribution in [3.05, 3.63) is 72.9 Å². The number of carbonyl (C=O) groups is 2. The average molecular weight is 937 g/mol. The molecule has 15 nitrogen and oxygen atoms in total. The maximum Gasteiger partial charge on any atom is 0.306 e. The third kappa shape index (κ3) is 25.9. The number of hydrogen-bond acceptors (Lipinski definition) is 15. The van der Waals surface area contributed by atoms with E-state index in [1.54, 1.807) is 0 Å². The van der Waals surface area contributed by atoms with Crippen molar-refractivity contribution < 1.29 is 73.8 Å². The summed E-state index contributed by atoms with van der Waals surface area (Å²) < 4.78 is 33.4. The zero-order valence-electron chi connectivity index (χ0n) is 39.6. The molecule has 2 fully saturated rings. The van der Waals surface area contributed by atoms with Crippen LogP contribution in [0, 0.1) is 0 Å². The highest BCUT2D eigenvalue weighted by molar-refractivity contribution is 5.70. The highest BCUT2D eigenvalue weighted by Gasteiger charge is 2.47. The molecule has 0 radical (unpaired) electrons. The lowest BCUT2D eigenvalue weighted by atomic mass is 9.98. The quantitative estimate of drug-likeness (QED) is 0.0209. The van der Waals surface area contributed by atoms with Crippen molar-refractivity contribution >= 4 is 11.9 Å². The Morgan fingerprint density at radius 2 is 0.970 bits per heavy atom. The lowest BCUT2D eigenvalue weighted by Crippen LogP contribution is -2.61. The van der Waals surface area contributed by atoms with Gasteiger partial charge in [-0.05, 0) is 77.0 Å². The number of carbonyl (C=O) groups excluding carboxylic acids is 2. The molecule has 2 rings (SSSR count). The van der Waals surface area contributed by atoms with Gasteiger partial charge < -0.3 is 64.2 Å². The van der Waals surface area contributed by atoms with Gasteiger partial charge in [-0.2, -0.15) is 0 Å². The van der Waals surface area contributed by atoms with Gasteiger partial charge in [0, 0.05) is 12.8 Å². The van der Waals surface area contributed by atoms with Gasteiger partial charge in [0.15, 0.2) is 18.7 Å². The second kappa shape index (κ2) is 37.9. The van der Waals surface area contributed by atoms with Crippen LogP contribution in [0.4, 0.5) is 0 Å². The first-order valence-electron chi connectivity index (χ1n) is 24.5. The molecule has 0 unspecified atom stereocenters. The number of esters is 2. The van der Waals surface area contributed by atoms with Crippen LogP contribution in [0.5, 0.6) is 0 Å². The summed E-state index contributed by atoms with van der Waals surface area (Å²) >= 11 is 0. The monoisotopic (exact) mass is 937 g/mol. The van der Waals surface area contributed by atoms with Gasteiger partial charge >= 0.3 is 11.9 Å². The standard InChI is InChI=1S/C51H84O15/c1-3-5-7-9-11-13-15-17-18-19-20-22-23-25-27-29-31-33-42(53)61-36-39(64-43(54)34-32-30-28-26-24-21-16-14-12-10-8-6-4-2)37-62-50-49(60)47(58)45(56)41(66-50)38-63-51-48(59)46(57)44(55)40(35-52)65-51/h5,7,11,13-14,16-18,20,22,25,27,39-41,44-52,55-60H,3-4,6,8-10,12,15,19,21,23-24,26,28-38H2,1-2H3/b7-5-,13-11-,16-14-,18-17-,22-20-,27-25-/t39-,40-,41-,44+,45+,46+,47+,48-,49-,50-,51+/m1/s1. The van der Waals surface area contributed by atoms with Gasteiger partial charge in [-0.1, -0.05) is 125 Å². The molecule has 7 N–H and O–H groups in total. The summed E-state index contributed by atoms with van der Waals surface area (Å²) in [6.45, 7) is 2.36. The molecule has 15 heteroatoms. The van der Waals surface area contributed by atoms with Gasteiger partial charge in [0.2, 0.25) is 0 Å². The van der Waals surface area contributed by atoms with E-state index in [0.29, 0.717) is 19.3 Å². The summed E-state index contributed by atoms with van der Waals surface area (Å²) in [5, 5.41) is 72.0. The molecule has 0 aromatic rings. The summed E-state index contributed by atoms with van der Waals surface area (Å²) in [5.41, 5.74) is 0. The Hall–Kier alpha value is -3.06. The van der Waals surface area contributed by atoms with E-state index < -0.39 is 99.3 Å². The molecule has 11 atom stereocenters. The fraction of sp³-hybridized carbons (Fsp3) is 0.725. The molecule has 0 saturated carbocycles. The van der Waals surface area contributed by atoms with Crippen LogP contribution < -0.4 is 0 Å². The SMILES string of the molecule is CC/C=C\C/C=C\C/C=C\C/C=C\C/C=C\CCCC(=O)OC[C@H](CO[C@@H]1O[C@H](CO[C@H]2O[C@H](CO)[C@H](O)[C@H](O)[C@H]2O)[C@H](O)[C@H](O)[C@H]1O)OC(=O)CCCCCCC/C=C\CCCCCC. The first kappa shape index (κ1) is 59.1. The van der Waals surface area contributed by atoms with Gasteiger partial charge in [0.05, 0.1) is 19.8 Å². The Morgan fingerprint density at radius 1 is 0.500 bits per heavy atom. The van der Waals surface area contributed by atoms with Gasteiger partial charge in [-0.15, -0.1) is 0 Å². The van der Waals surface area contributed by atoms with Gasteiger partial charge in [0.25, 0.3) is 0 Å². The molecule has 66 heavy (non-hydrogen) atoms. The zero-order chi connectivity index (χ0) is 48.2. The molecule has 0 aromatic heterocycles. The van der Waals surface area contributed by atoms with Crippen molar-refractivity contribution in [3.63, 3.8) is 0 Å². The van der Waals surface area contributed by atoms with Crippen molar-refractivity contribution in [2.75, 3.05) is 26.4 Å². The molecule has 0 bridgehead atoms. The molecular formula is C51H84O15. The van der Waals surface area contributed by atoms with E-state index in [4.69, 9.17) is 28.4 Å². The van der Waals surface area contributed by atoms with Crippen LogP contribution in [0.25, 0.3) is 0 Å². The molecular weight excluding hydrogens is 853 g/mol. The molecule has 2 saturated heterocycles. The smallest absolute Gasteiger partial charge is 0.306 e. The third-order valence-electron chi connectivity index (χ3n) is 11.2. The summed E-state index contributed by atoms with van der Waals surface area (Å²) in [4.78, 5) is 25.7. The summed E-state index contributed by atoms with van der Waals surface area (Å²) in [6.07, 6.45) is 26.6. The molecule has 0 amide bonds. The molecule has 2 aliphatic heterocycles. The fourth-order valence-electron chi connectivity index (χ4n) is 7.13. The van der Waals surface area contributed by atoms with Crippen LogP contribution in [0.1, 0.15) is 142 Å². The lowest BCUT2D eigenvalue weighted by molar-refractivity contribution is -0.332. The topological polar surface area (TPSA) is 231 Å². The summed E-state index contributed by atoms with van der Waals surface area (Å²) in [6, 6.07) is 0. The van der Waals surface area contributed by atoms with E-state index in [2.05, 4.69) is 74.6 Å². The van der Waals surface area contributed by atoms with Crippen molar-refractivity contribution in [1.82, 2.24) is 0 Å². The maximum atomic E-state index is 13.0. The zero-order valence-corrected chi connectivity index (χ0v) is 39.6. The third-order valence-corrected chi connectivity index (χ3v) is 11.2. The Labute approximate surface area is 393 Å². The number of aliphatic hydroxyl groups excluding tert-OH is 7. The van der Waals surface area contributed by atoms with E-state index in [1.807, 2.05) is 12.2 Å². The first-order chi connectivity index (χ1) is 32.0. The Balaban J connectivity index is 1.86. The van der Waals surface area contributed by atoms with E-state index in [9.17, 15) is 45.3 Å². The number of allylic oxidation sites excluding steroid dienone is 12. The number of ether oxygens (including phenoxy) is 6. The fourth-order valence-corrected chi connectivity index (χ4v) is 7.13. The van der Waals surface area contributed by atoms with Gasteiger partial charge in [-0.3, -0.25) is 9.59 Å². The Kier molecular flexibility index (Phi) is 33.9. The van der Waals surface area contributed by atoms with Crippen LogP contribution in [-0.2, 0) is 38.0 Å². The van der Waals surface area contributed by atoms with E-state index in [1.165, 1.54) is 25.7 Å². The predicted octanol–water partition coefficient (Wildman–Crippen LogP) is 6.26. The van der Waals surface area contributed by atoms with Crippen LogP contribution in [0.2, 0.25) is 0 Å². The van der Waals surface area contributed by atoms with E-state index in [-0.39, 0.29) is 19.4 Å². The van der Waals surface area contributed by atoms with Crippen molar-refractivity contribution in [1.29, 1.82) is 0 Å². The number of aliphatic hydroxyl groups is 7. The van der Waals surface area contributed by atoms with Crippen LogP contribution >= 0.6 is 0 Å². The molecule has 0 aromatic carbocycles. The maximum absolute atomic E-state index is 13.0. The highest BCUT2D eigenvalue weighted by Crippen LogP contribution is 2.26. The van der Waals surface area contributed by atoms with Crippen molar-refractivity contribution in [2.24, 2.45) is 0 Å². The molecule has 378 valence electrons. The molecule has 0 aliphatic carbocycles.